The van der Waals surface area contributed by atoms with Crippen LogP contribution in [0.4, 0.5) is 0 Å². The molecule has 0 aliphatic rings. The highest BCUT2D eigenvalue weighted by Crippen LogP contribution is 2.27. The molecule has 0 saturated heterocycles. The van der Waals surface area contributed by atoms with Crippen molar-refractivity contribution in [3.8, 4) is 5.69 Å². The van der Waals surface area contributed by atoms with E-state index in [1.165, 1.54) is 16.9 Å². The maximum Gasteiger partial charge on any atom is 0.0994 e. The zero-order valence-corrected chi connectivity index (χ0v) is 12.7. The van der Waals surface area contributed by atoms with Crippen molar-refractivity contribution in [1.82, 2.24) is 9.55 Å². The lowest BCUT2D eigenvalue weighted by molar-refractivity contribution is 0.489. The molecule has 0 saturated carbocycles. The maximum atomic E-state index is 5.97. The molecule has 1 aromatic heterocycles. The molecule has 1 atom stereocenters. The van der Waals surface area contributed by atoms with Crippen LogP contribution in [0.2, 0.25) is 0 Å². The summed E-state index contributed by atoms with van der Waals surface area (Å²) >= 11 is 0. The Kier molecular flexibility index (Phi) is 4.96. The van der Waals surface area contributed by atoms with Gasteiger partial charge in [-0.3, -0.25) is 0 Å². The average molecular weight is 271 g/mol. The van der Waals surface area contributed by atoms with E-state index in [0.29, 0.717) is 18.4 Å². The van der Waals surface area contributed by atoms with Gasteiger partial charge in [0.1, 0.15) is 0 Å². The average Bonchev–Trinajstić information content (AvgIpc) is 2.89. The molecule has 1 heterocycles. The summed E-state index contributed by atoms with van der Waals surface area (Å²) in [5.41, 5.74) is 9.79. The van der Waals surface area contributed by atoms with Crippen LogP contribution in [-0.2, 0) is 6.42 Å². The molecule has 2 aromatic rings. The molecule has 3 nitrogen and oxygen atoms in total. The third-order valence-corrected chi connectivity index (χ3v) is 3.88. The number of benzene rings is 1. The lowest BCUT2D eigenvalue weighted by atomic mass is 9.92. The second-order valence-corrected chi connectivity index (χ2v) is 5.65. The second kappa shape index (κ2) is 6.71. The smallest absolute Gasteiger partial charge is 0.0994 e. The van der Waals surface area contributed by atoms with Gasteiger partial charge >= 0.3 is 0 Å². The molecular formula is C17H25N3. The first-order valence-corrected chi connectivity index (χ1v) is 7.49. The summed E-state index contributed by atoms with van der Waals surface area (Å²) in [7, 11) is 0. The Morgan fingerprint density at radius 2 is 2.00 bits per heavy atom. The first-order chi connectivity index (χ1) is 9.69. The Labute approximate surface area is 121 Å². The third-order valence-electron chi connectivity index (χ3n) is 3.88. The minimum absolute atomic E-state index is 0.340. The zero-order chi connectivity index (χ0) is 14.5. The normalized spacial score (nSPS) is 12.8. The van der Waals surface area contributed by atoms with E-state index < -0.39 is 0 Å². The Morgan fingerprint density at radius 3 is 2.65 bits per heavy atom. The van der Waals surface area contributed by atoms with Crippen LogP contribution in [0.25, 0.3) is 5.69 Å². The number of hydrogen-bond acceptors (Lipinski definition) is 2. The summed E-state index contributed by atoms with van der Waals surface area (Å²) in [4.78, 5) is 4.36. The van der Waals surface area contributed by atoms with Crippen molar-refractivity contribution in [2.45, 2.75) is 39.5 Å². The fourth-order valence-electron chi connectivity index (χ4n) is 2.74. The van der Waals surface area contributed by atoms with Crippen LogP contribution in [-0.4, -0.2) is 16.1 Å². The summed E-state index contributed by atoms with van der Waals surface area (Å²) in [6.45, 7) is 7.29. The van der Waals surface area contributed by atoms with Crippen molar-refractivity contribution in [2.75, 3.05) is 6.54 Å². The van der Waals surface area contributed by atoms with Gasteiger partial charge in [0, 0.05) is 30.0 Å². The molecule has 0 fully saturated rings. The molecule has 0 radical (unpaired) electrons. The molecule has 108 valence electrons. The van der Waals surface area contributed by atoms with E-state index in [9.17, 15) is 0 Å². The minimum Gasteiger partial charge on any atom is -0.330 e. The fourth-order valence-corrected chi connectivity index (χ4v) is 2.74. The molecule has 20 heavy (non-hydrogen) atoms. The van der Waals surface area contributed by atoms with Gasteiger partial charge in [0.25, 0.3) is 0 Å². The number of hydrogen-bond donors (Lipinski definition) is 1. The summed E-state index contributed by atoms with van der Waals surface area (Å²) in [6, 6.07) is 8.57. The molecule has 2 N–H and O–H groups in total. The molecule has 0 aliphatic heterocycles. The van der Waals surface area contributed by atoms with Gasteiger partial charge < -0.3 is 10.3 Å². The van der Waals surface area contributed by atoms with Crippen LogP contribution < -0.4 is 5.73 Å². The Bertz CT molecular complexity index is 543. The highest BCUT2D eigenvalue weighted by atomic mass is 15.1. The fraction of sp³-hybridized carbons (Fsp3) is 0.471. The van der Waals surface area contributed by atoms with Crippen molar-refractivity contribution in [3.05, 3.63) is 48.0 Å². The number of aromatic nitrogens is 2. The van der Waals surface area contributed by atoms with E-state index >= 15 is 0 Å². The van der Waals surface area contributed by atoms with Crippen LogP contribution in [0.15, 0.2) is 36.8 Å². The van der Waals surface area contributed by atoms with Crippen LogP contribution >= 0.6 is 0 Å². The van der Waals surface area contributed by atoms with Gasteiger partial charge in [0.15, 0.2) is 0 Å². The number of imidazole rings is 1. The first kappa shape index (κ1) is 14.8. The summed E-state index contributed by atoms with van der Waals surface area (Å²) in [5, 5.41) is 0. The maximum absolute atomic E-state index is 5.97. The standard InChI is InChI=1S/C17H25N3/c1-4-7-14-8-5-6-9-16(14)20-12-19-11-17(20)15(10-18)13(2)3/h5-6,8-9,11-13,15H,4,7,10,18H2,1-3H3. The van der Waals surface area contributed by atoms with Gasteiger partial charge in [-0.25, -0.2) is 4.98 Å². The van der Waals surface area contributed by atoms with Crippen molar-refractivity contribution in [1.29, 1.82) is 0 Å². The Hall–Kier alpha value is -1.61. The number of nitrogens with zero attached hydrogens (tertiary/aromatic N) is 2. The summed E-state index contributed by atoms with van der Waals surface area (Å²) in [5.74, 6) is 0.848. The van der Waals surface area contributed by atoms with E-state index in [4.69, 9.17) is 5.73 Å². The Balaban J connectivity index is 2.47. The van der Waals surface area contributed by atoms with Gasteiger partial charge in [-0.05, 0) is 24.0 Å². The quantitative estimate of drug-likeness (QED) is 0.873. The van der Waals surface area contributed by atoms with Crippen LogP contribution in [0, 0.1) is 5.92 Å². The molecule has 3 heteroatoms. The van der Waals surface area contributed by atoms with E-state index in [0.717, 1.165) is 12.8 Å². The van der Waals surface area contributed by atoms with Crippen LogP contribution in [0.5, 0.6) is 0 Å². The molecule has 0 amide bonds. The molecular weight excluding hydrogens is 246 g/mol. The number of aryl methyl sites for hydroxylation is 1. The van der Waals surface area contributed by atoms with E-state index in [2.05, 4.69) is 54.6 Å². The first-order valence-electron chi connectivity index (χ1n) is 7.49. The van der Waals surface area contributed by atoms with Gasteiger partial charge in [0.05, 0.1) is 6.33 Å². The molecule has 1 aromatic carbocycles. The summed E-state index contributed by atoms with van der Waals surface area (Å²) < 4.78 is 2.21. The topological polar surface area (TPSA) is 43.8 Å². The minimum atomic E-state index is 0.340. The van der Waals surface area contributed by atoms with Gasteiger partial charge in [0.2, 0.25) is 0 Å². The van der Waals surface area contributed by atoms with Crippen LogP contribution in [0.1, 0.15) is 44.4 Å². The zero-order valence-electron chi connectivity index (χ0n) is 12.7. The lowest BCUT2D eigenvalue weighted by Crippen LogP contribution is -2.20. The van der Waals surface area contributed by atoms with Crippen molar-refractivity contribution in [2.24, 2.45) is 11.7 Å². The van der Waals surface area contributed by atoms with Gasteiger partial charge in [-0.15, -0.1) is 0 Å². The van der Waals surface area contributed by atoms with Gasteiger partial charge in [-0.1, -0.05) is 45.4 Å². The second-order valence-electron chi connectivity index (χ2n) is 5.65. The largest absolute Gasteiger partial charge is 0.330 e. The lowest BCUT2D eigenvalue weighted by Gasteiger charge is -2.22. The molecule has 2 rings (SSSR count). The van der Waals surface area contributed by atoms with E-state index in [1.807, 2.05) is 12.5 Å². The molecule has 1 unspecified atom stereocenters. The third kappa shape index (κ3) is 2.93. The monoisotopic (exact) mass is 271 g/mol. The SMILES string of the molecule is CCCc1ccccc1-n1cncc1C(CN)C(C)C. The van der Waals surface area contributed by atoms with Crippen molar-refractivity contribution < 1.29 is 0 Å². The predicted octanol–water partition coefficient (Wildman–Crippen LogP) is 3.52. The number of para-hydroxylation sites is 1. The van der Waals surface area contributed by atoms with Crippen molar-refractivity contribution in [3.63, 3.8) is 0 Å². The predicted molar refractivity (Wildman–Crippen MR) is 84.2 cm³/mol. The number of rotatable bonds is 6. The highest BCUT2D eigenvalue weighted by molar-refractivity contribution is 5.43. The van der Waals surface area contributed by atoms with E-state index in [1.54, 1.807) is 0 Å². The van der Waals surface area contributed by atoms with Crippen molar-refractivity contribution >= 4 is 0 Å². The van der Waals surface area contributed by atoms with Gasteiger partial charge in [-0.2, -0.15) is 0 Å². The summed E-state index contributed by atoms with van der Waals surface area (Å²) in [6.07, 6.45) is 6.10. The molecule has 0 bridgehead atoms. The Morgan fingerprint density at radius 1 is 1.25 bits per heavy atom. The van der Waals surface area contributed by atoms with Crippen LogP contribution in [0.3, 0.4) is 0 Å². The highest BCUT2D eigenvalue weighted by Gasteiger charge is 2.19. The number of nitrogens with two attached hydrogens (primary N) is 1. The van der Waals surface area contributed by atoms with E-state index in [-0.39, 0.29) is 0 Å². The molecule has 0 aliphatic carbocycles. The molecule has 0 spiro atoms.